The maximum atomic E-state index is 5.66. The van der Waals surface area contributed by atoms with Crippen molar-refractivity contribution < 1.29 is 14.2 Å². The van der Waals surface area contributed by atoms with E-state index in [0.29, 0.717) is 19.8 Å². The maximum absolute atomic E-state index is 5.66. The van der Waals surface area contributed by atoms with E-state index in [0.717, 1.165) is 10.2 Å². The van der Waals surface area contributed by atoms with Crippen LogP contribution in [-0.4, -0.2) is 26.1 Å². The Labute approximate surface area is 111 Å². The molecule has 1 aromatic carbocycles. The molecule has 17 heavy (non-hydrogen) atoms. The normalized spacial score (nSPS) is 10.9. The van der Waals surface area contributed by atoms with Gasteiger partial charge in [-0.05, 0) is 54.4 Å². The number of ether oxygens (including phenoxy) is 3. The first-order valence-corrected chi connectivity index (χ1v) is 6.58. The van der Waals surface area contributed by atoms with Gasteiger partial charge < -0.3 is 14.2 Å². The molecule has 0 atom stereocenters. The van der Waals surface area contributed by atoms with Crippen LogP contribution in [-0.2, 0) is 9.47 Å². The molecule has 1 rings (SSSR count). The van der Waals surface area contributed by atoms with Crippen molar-refractivity contribution in [2.24, 2.45) is 0 Å². The molecule has 0 unspecified atom stereocenters. The van der Waals surface area contributed by atoms with Crippen molar-refractivity contribution in [2.75, 3.05) is 19.8 Å². The van der Waals surface area contributed by atoms with Crippen molar-refractivity contribution in [3.8, 4) is 5.75 Å². The topological polar surface area (TPSA) is 27.7 Å². The number of aryl methyl sites for hydroxylation is 1. The van der Waals surface area contributed by atoms with Gasteiger partial charge in [0.05, 0.1) is 4.47 Å². The highest BCUT2D eigenvalue weighted by molar-refractivity contribution is 9.10. The predicted octanol–water partition coefficient (Wildman–Crippen LogP) is 3.54. The van der Waals surface area contributed by atoms with Gasteiger partial charge in [0.2, 0.25) is 0 Å². The maximum Gasteiger partial charge on any atom is 0.191 e. The number of rotatable bonds is 7. The Kier molecular flexibility index (Phi) is 6.55. The second kappa shape index (κ2) is 7.69. The molecule has 96 valence electrons. The van der Waals surface area contributed by atoms with E-state index in [1.165, 1.54) is 5.56 Å². The molecule has 0 saturated heterocycles. The smallest absolute Gasteiger partial charge is 0.191 e. The molecule has 0 bridgehead atoms. The standard InChI is InChI=1S/C13H19BrO3/c1-4-15-13(16-5-2)9-17-12-7-6-10(3)8-11(12)14/h6-8,13H,4-5,9H2,1-3H3. The molecule has 0 spiro atoms. The van der Waals surface area contributed by atoms with E-state index in [-0.39, 0.29) is 6.29 Å². The van der Waals surface area contributed by atoms with Gasteiger partial charge in [-0.3, -0.25) is 0 Å². The van der Waals surface area contributed by atoms with Gasteiger partial charge in [0, 0.05) is 13.2 Å². The van der Waals surface area contributed by atoms with Crippen LogP contribution >= 0.6 is 15.9 Å². The fraction of sp³-hybridized carbons (Fsp3) is 0.538. The summed E-state index contributed by atoms with van der Waals surface area (Å²) in [7, 11) is 0. The van der Waals surface area contributed by atoms with Gasteiger partial charge in [-0.25, -0.2) is 0 Å². The quantitative estimate of drug-likeness (QED) is 0.721. The van der Waals surface area contributed by atoms with Gasteiger partial charge in [0.25, 0.3) is 0 Å². The summed E-state index contributed by atoms with van der Waals surface area (Å²) in [5.74, 6) is 0.806. The Balaban J connectivity index is 2.52. The minimum absolute atomic E-state index is 0.307. The van der Waals surface area contributed by atoms with Crippen LogP contribution in [0.15, 0.2) is 22.7 Å². The molecule has 0 aliphatic carbocycles. The summed E-state index contributed by atoms with van der Waals surface area (Å²) in [4.78, 5) is 0. The summed E-state index contributed by atoms with van der Waals surface area (Å²) in [6.07, 6.45) is -0.307. The van der Waals surface area contributed by atoms with Crippen LogP contribution in [0.4, 0.5) is 0 Å². The Bertz CT molecular complexity index is 335. The Hall–Kier alpha value is -0.580. The molecule has 0 saturated carbocycles. The largest absolute Gasteiger partial charge is 0.487 e. The molecule has 0 heterocycles. The third kappa shape index (κ3) is 5.06. The highest BCUT2D eigenvalue weighted by Crippen LogP contribution is 2.25. The van der Waals surface area contributed by atoms with Crippen molar-refractivity contribution in [1.82, 2.24) is 0 Å². The van der Waals surface area contributed by atoms with Gasteiger partial charge >= 0.3 is 0 Å². The van der Waals surface area contributed by atoms with Crippen molar-refractivity contribution in [2.45, 2.75) is 27.1 Å². The van der Waals surface area contributed by atoms with Crippen LogP contribution in [0, 0.1) is 6.92 Å². The van der Waals surface area contributed by atoms with Crippen LogP contribution in [0.5, 0.6) is 5.75 Å². The minimum atomic E-state index is -0.307. The molecular weight excluding hydrogens is 284 g/mol. The lowest BCUT2D eigenvalue weighted by molar-refractivity contribution is -0.152. The summed E-state index contributed by atoms with van der Waals surface area (Å²) in [5, 5.41) is 0. The van der Waals surface area contributed by atoms with Crippen LogP contribution in [0.25, 0.3) is 0 Å². The average Bonchev–Trinajstić information content (AvgIpc) is 2.28. The summed E-state index contributed by atoms with van der Waals surface area (Å²) in [6, 6.07) is 5.97. The van der Waals surface area contributed by atoms with Gasteiger partial charge in [-0.15, -0.1) is 0 Å². The lowest BCUT2D eigenvalue weighted by Gasteiger charge is -2.18. The molecular formula is C13H19BrO3. The van der Waals surface area contributed by atoms with E-state index < -0.39 is 0 Å². The van der Waals surface area contributed by atoms with E-state index >= 15 is 0 Å². The number of benzene rings is 1. The number of hydrogen-bond donors (Lipinski definition) is 0. The SMILES string of the molecule is CCOC(COc1ccc(C)cc1Br)OCC. The second-order valence-corrected chi connectivity index (χ2v) is 4.44. The van der Waals surface area contributed by atoms with Gasteiger partial charge in [-0.2, -0.15) is 0 Å². The summed E-state index contributed by atoms with van der Waals surface area (Å²) >= 11 is 3.47. The molecule has 0 amide bonds. The first-order valence-electron chi connectivity index (χ1n) is 5.79. The fourth-order valence-corrected chi connectivity index (χ4v) is 2.00. The van der Waals surface area contributed by atoms with Crippen molar-refractivity contribution in [3.05, 3.63) is 28.2 Å². The molecule has 0 radical (unpaired) electrons. The molecule has 4 heteroatoms. The Morgan fingerprint density at radius 1 is 1.18 bits per heavy atom. The molecule has 0 aliphatic rings. The van der Waals surface area contributed by atoms with E-state index in [9.17, 15) is 0 Å². The summed E-state index contributed by atoms with van der Waals surface area (Å²) < 4.78 is 17.4. The highest BCUT2D eigenvalue weighted by atomic mass is 79.9. The first-order chi connectivity index (χ1) is 8.17. The monoisotopic (exact) mass is 302 g/mol. The van der Waals surface area contributed by atoms with Gasteiger partial charge in [-0.1, -0.05) is 6.07 Å². The Morgan fingerprint density at radius 3 is 2.35 bits per heavy atom. The number of halogens is 1. The van der Waals surface area contributed by atoms with Crippen LogP contribution in [0.3, 0.4) is 0 Å². The third-order valence-corrected chi connectivity index (χ3v) is 2.79. The van der Waals surface area contributed by atoms with E-state index in [2.05, 4.69) is 15.9 Å². The molecule has 0 N–H and O–H groups in total. The van der Waals surface area contributed by atoms with Gasteiger partial charge in [0.15, 0.2) is 6.29 Å². The average molecular weight is 303 g/mol. The lowest BCUT2D eigenvalue weighted by atomic mass is 10.2. The van der Waals surface area contributed by atoms with Crippen LogP contribution < -0.4 is 4.74 Å². The summed E-state index contributed by atoms with van der Waals surface area (Å²) in [6.45, 7) is 7.54. The molecule has 0 aliphatic heterocycles. The van der Waals surface area contributed by atoms with Crippen molar-refractivity contribution in [3.63, 3.8) is 0 Å². The molecule has 0 aromatic heterocycles. The number of hydrogen-bond acceptors (Lipinski definition) is 3. The fourth-order valence-electron chi connectivity index (χ4n) is 1.40. The first kappa shape index (κ1) is 14.5. The molecule has 3 nitrogen and oxygen atoms in total. The third-order valence-electron chi connectivity index (χ3n) is 2.17. The zero-order chi connectivity index (χ0) is 12.7. The van der Waals surface area contributed by atoms with Crippen molar-refractivity contribution >= 4 is 15.9 Å². The lowest BCUT2D eigenvalue weighted by Crippen LogP contribution is -2.25. The van der Waals surface area contributed by atoms with Crippen LogP contribution in [0.2, 0.25) is 0 Å². The molecule has 0 fully saturated rings. The zero-order valence-corrected chi connectivity index (χ0v) is 12.1. The molecule has 1 aromatic rings. The van der Waals surface area contributed by atoms with Gasteiger partial charge in [0.1, 0.15) is 12.4 Å². The van der Waals surface area contributed by atoms with E-state index in [1.807, 2.05) is 39.0 Å². The minimum Gasteiger partial charge on any atom is -0.487 e. The second-order valence-electron chi connectivity index (χ2n) is 3.59. The van der Waals surface area contributed by atoms with E-state index in [1.54, 1.807) is 0 Å². The van der Waals surface area contributed by atoms with E-state index in [4.69, 9.17) is 14.2 Å². The zero-order valence-electron chi connectivity index (χ0n) is 10.5. The van der Waals surface area contributed by atoms with Crippen LogP contribution in [0.1, 0.15) is 19.4 Å². The summed E-state index contributed by atoms with van der Waals surface area (Å²) in [5.41, 5.74) is 1.19. The Morgan fingerprint density at radius 2 is 1.82 bits per heavy atom. The highest BCUT2D eigenvalue weighted by Gasteiger charge is 2.10. The van der Waals surface area contributed by atoms with Crippen molar-refractivity contribution in [1.29, 1.82) is 0 Å². The predicted molar refractivity (Wildman–Crippen MR) is 71.4 cm³/mol.